The third-order valence-electron chi connectivity index (χ3n) is 8.16. The molecule has 2 aromatic rings. The Morgan fingerprint density at radius 1 is 0.971 bits per heavy atom. The number of fused-ring (bicyclic) bond motifs is 3. The van der Waals surface area contributed by atoms with Crippen molar-refractivity contribution in [2.75, 3.05) is 6.54 Å². The molecule has 186 valence electrons. The number of nitrogens with one attached hydrogen (secondary N) is 3. The molecule has 2 aromatic carbocycles. The maximum atomic E-state index is 13.1. The van der Waals surface area contributed by atoms with Gasteiger partial charge >= 0.3 is 6.03 Å². The van der Waals surface area contributed by atoms with Crippen molar-refractivity contribution in [3.63, 3.8) is 0 Å². The van der Waals surface area contributed by atoms with Gasteiger partial charge in [0.25, 0.3) is 0 Å². The van der Waals surface area contributed by atoms with E-state index >= 15 is 0 Å². The molecule has 4 atom stereocenters. The lowest BCUT2D eigenvalue weighted by Gasteiger charge is -2.54. The first-order valence-electron chi connectivity index (χ1n) is 13.0. The molecule has 35 heavy (non-hydrogen) atoms. The normalized spacial score (nSPS) is 29.4. The van der Waals surface area contributed by atoms with Crippen LogP contribution in [-0.2, 0) is 24.4 Å². The lowest BCUT2D eigenvalue weighted by atomic mass is 9.58. The second kappa shape index (κ2) is 9.65. The van der Waals surface area contributed by atoms with Crippen LogP contribution < -0.4 is 16.0 Å². The lowest BCUT2D eigenvalue weighted by Crippen LogP contribution is -2.65. The van der Waals surface area contributed by atoms with E-state index in [4.69, 9.17) is 0 Å². The maximum absolute atomic E-state index is 13.1. The van der Waals surface area contributed by atoms with E-state index in [1.165, 1.54) is 17.5 Å². The van der Waals surface area contributed by atoms with Crippen LogP contribution in [-0.4, -0.2) is 34.5 Å². The lowest BCUT2D eigenvalue weighted by molar-refractivity contribution is -0.131. The molecule has 4 unspecified atom stereocenters. The fourth-order valence-electron chi connectivity index (χ4n) is 7.05. The Hall–Kier alpha value is -2.86. The first-order chi connectivity index (χ1) is 16.8. The van der Waals surface area contributed by atoms with Crippen LogP contribution in [0.15, 0.2) is 54.6 Å². The van der Waals surface area contributed by atoms with Gasteiger partial charge in [0, 0.05) is 30.7 Å². The average molecular weight is 475 g/mol. The molecular weight excluding hydrogens is 436 g/mol. The largest absolute Gasteiger partial charge is 0.334 e. The summed E-state index contributed by atoms with van der Waals surface area (Å²) >= 11 is 0. The summed E-state index contributed by atoms with van der Waals surface area (Å²) in [6.07, 6.45) is 5.06. The fraction of sp³-hybridized carbons (Fsp3) is 0.517. The highest BCUT2D eigenvalue weighted by atomic mass is 16.2. The molecule has 3 N–H and O–H groups in total. The number of carbonyl (C=O) groups is 2. The standard InChI is InChI=1S/C29H38N4O2/c1-21-12-23-14-28(2,31-17-26(34)33-18-24-10-6-7-11-25(24)19-33)20-29(13-21,15-23)32-27(35)30-16-22-8-4-3-5-9-22/h3-11,21,23,31H,12-20H2,1-2H3,(H2,30,32,35). The Labute approximate surface area is 208 Å². The number of benzene rings is 2. The molecular formula is C29H38N4O2. The predicted octanol–water partition coefficient (Wildman–Crippen LogP) is 4.35. The smallest absolute Gasteiger partial charge is 0.315 e. The second-order valence-corrected chi connectivity index (χ2v) is 11.5. The van der Waals surface area contributed by atoms with Gasteiger partial charge in [0.05, 0.1) is 6.54 Å². The third-order valence-corrected chi connectivity index (χ3v) is 8.16. The van der Waals surface area contributed by atoms with E-state index in [9.17, 15) is 9.59 Å². The quantitative estimate of drug-likeness (QED) is 0.583. The molecule has 2 aliphatic carbocycles. The van der Waals surface area contributed by atoms with Gasteiger partial charge in [-0.05, 0) is 67.6 Å². The van der Waals surface area contributed by atoms with Crippen LogP contribution in [0.2, 0.25) is 0 Å². The molecule has 6 nitrogen and oxygen atoms in total. The van der Waals surface area contributed by atoms with E-state index in [0.717, 1.165) is 31.2 Å². The van der Waals surface area contributed by atoms with Crippen molar-refractivity contribution in [2.24, 2.45) is 11.8 Å². The molecule has 1 heterocycles. The fourth-order valence-corrected chi connectivity index (χ4v) is 7.05. The zero-order valence-electron chi connectivity index (χ0n) is 21.0. The highest BCUT2D eigenvalue weighted by Gasteiger charge is 2.50. The molecule has 2 bridgehead atoms. The summed E-state index contributed by atoms with van der Waals surface area (Å²) in [5.74, 6) is 1.28. The summed E-state index contributed by atoms with van der Waals surface area (Å²) in [5, 5.41) is 10.1. The maximum Gasteiger partial charge on any atom is 0.315 e. The van der Waals surface area contributed by atoms with Gasteiger partial charge in [0.1, 0.15) is 0 Å². The van der Waals surface area contributed by atoms with Crippen LogP contribution in [0.5, 0.6) is 0 Å². The predicted molar refractivity (Wildman–Crippen MR) is 137 cm³/mol. The number of urea groups is 1. The second-order valence-electron chi connectivity index (χ2n) is 11.5. The third kappa shape index (κ3) is 5.53. The molecule has 0 saturated heterocycles. The average Bonchev–Trinajstić information content (AvgIpc) is 3.25. The Kier molecular flexibility index (Phi) is 6.58. The molecule has 6 heteroatoms. The molecule has 3 aliphatic rings. The van der Waals surface area contributed by atoms with Gasteiger partial charge in [-0.2, -0.15) is 0 Å². The summed E-state index contributed by atoms with van der Waals surface area (Å²) in [4.78, 5) is 27.9. The highest BCUT2D eigenvalue weighted by Crippen LogP contribution is 2.48. The van der Waals surface area contributed by atoms with E-state index in [-0.39, 0.29) is 23.0 Å². The van der Waals surface area contributed by atoms with Gasteiger partial charge in [-0.25, -0.2) is 4.79 Å². The Morgan fingerprint density at radius 2 is 1.66 bits per heavy atom. The molecule has 0 aromatic heterocycles. The summed E-state index contributed by atoms with van der Waals surface area (Å²) in [7, 11) is 0. The number of amides is 3. The van der Waals surface area contributed by atoms with Crippen LogP contribution in [0.4, 0.5) is 4.79 Å². The van der Waals surface area contributed by atoms with Crippen molar-refractivity contribution < 1.29 is 9.59 Å². The van der Waals surface area contributed by atoms with E-state index in [1.54, 1.807) is 0 Å². The Balaban J connectivity index is 1.20. The van der Waals surface area contributed by atoms with Crippen LogP contribution in [0.25, 0.3) is 0 Å². The number of nitrogens with zero attached hydrogens (tertiary/aromatic N) is 1. The number of carbonyl (C=O) groups excluding carboxylic acids is 2. The van der Waals surface area contributed by atoms with Crippen molar-refractivity contribution in [1.29, 1.82) is 0 Å². The van der Waals surface area contributed by atoms with E-state index in [1.807, 2.05) is 47.4 Å². The first-order valence-corrected chi connectivity index (χ1v) is 13.0. The first kappa shape index (κ1) is 23.9. The summed E-state index contributed by atoms with van der Waals surface area (Å²) < 4.78 is 0. The Morgan fingerprint density at radius 3 is 2.37 bits per heavy atom. The molecule has 2 saturated carbocycles. The molecule has 0 radical (unpaired) electrons. The summed E-state index contributed by atoms with van der Waals surface area (Å²) in [5.41, 5.74) is 3.16. The zero-order chi connectivity index (χ0) is 24.5. The molecule has 5 rings (SSSR count). The molecule has 3 amide bonds. The van der Waals surface area contributed by atoms with Gasteiger partial charge in [-0.15, -0.1) is 0 Å². The number of hydrogen-bond donors (Lipinski definition) is 3. The summed E-state index contributed by atoms with van der Waals surface area (Å²) in [6, 6.07) is 18.2. The van der Waals surface area contributed by atoms with E-state index in [0.29, 0.717) is 38.0 Å². The molecule has 2 fully saturated rings. The number of hydrogen-bond acceptors (Lipinski definition) is 3. The van der Waals surface area contributed by atoms with Crippen molar-refractivity contribution in [1.82, 2.24) is 20.9 Å². The van der Waals surface area contributed by atoms with Crippen molar-refractivity contribution in [3.8, 4) is 0 Å². The SMILES string of the molecule is CC1CC2CC(C)(NCC(=O)N3Cc4ccccc4C3)CC(NC(=O)NCc3ccccc3)(C1)C2. The topological polar surface area (TPSA) is 73.5 Å². The number of rotatable bonds is 6. The monoisotopic (exact) mass is 474 g/mol. The van der Waals surface area contributed by atoms with Crippen molar-refractivity contribution >= 4 is 11.9 Å². The van der Waals surface area contributed by atoms with Crippen LogP contribution in [0.1, 0.15) is 62.6 Å². The van der Waals surface area contributed by atoms with Gasteiger partial charge in [0.15, 0.2) is 0 Å². The minimum atomic E-state index is -0.240. The summed E-state index contributed by atoms with van der Waals surface area (Å²) in [6.45, 7) is 6.78. The highest BCUT2D eigenvalue weighted by molar-refractivity contribution is 5.79. The van der Waals surface area contributed by atoms with E-state index < -0.39 is 0 Å². The van der Waals surface area contributed by atoms with Crippen LogP contribution in [0.3, 0.4) is 0 Å². The zero-order valence-corrected chi connectivity index (χ0v) is 21.0. The van der Waals surface area contributed by atoms with Crippen LogP contribution >= 0.6 is 0 Å². The van der Waals surface area contributed by atoms with Crippen molar-refractivity contribution in [2.45, 2.75) is 76.7 Å². The minimum absolute atomic E-state index is 0.100. The van der Waals surface area contributed by atoms with Gasteiger partial charge in [-0.1, -0.05) is 61.5 Å². The van der Waals surface area contributed by atoms with Crippen molar-refractivity contribution in [3.05, 3.63) is 71.3 Å². The minimum Gasteiger partial charge on any atom is -0.334 e. The van der Waals surface area contributed by atoms with Gasteiger partial charge < -0.3 is 20.9 Å². The molecule has 1 aliphatic heterocycles. The van der Waals surface area contributed by atoms with E-state index in [2.05, 4.69) is 41.9 Å². The van der Waals surface area contributed by atoms with Crippen LogP contribution in [0, 0.1) is 11.8 Å². The molecule has 0 spiro atoms. The Bertz CT molecular complexity index is 1040. The van der Waals surface area contributed by atoms with Gasteiger partial charge in [0.2, 0.25) is 5.91 Å². The van der Waals surface area contributed by atoms with Gasteiger partial charge in [-0.3, -0.25) is 4.79 Å².